The number of nitrogens with one attached hydrogen (secondary N) is 2. The first-order chi connectivity index (χ1) is 12.8. The molecule has 4 N–H and O–H groups in total. The van der Waals surface area contributed by atoms with Gasteiger partial charge in [0, 0.05) is 5.69 Å². The number of ether oxygens (including phenoxy) is 1. The van der Waals surface area contributed by atoms with E-state index in [9.17, 15) is 10.1 Å². The predicted octanol–water partition coefficient (Wildman–Crippen LogP) is 2.72. The van der Waals surface area contributed by atoms with Gasteiger partial charge in [-0.1, -0.05) is 26.0 Å². The fourth-order valence-corrected chi connectivity index (χ4v) is 2.58. The van der Waals surface area contributed by atoms with Crippen LogP contribution in [0.15, 0.2) is 24.3 Å². The van der Waals surface area contributed by atoms with Crippen molar-refractivity contribution in [3.8, 4) is 11.9 Å². The molecule has 0 saturated heterocycles. The monoisotopic (exact) mass is 368 g/mol. The molecule has 0 radical (unpaired) electrons. The van der Waals surface area contributed by atoms with Crippen molar-refractivity contribution in [1.82, 2.24) is 9.97 Å². The second-order valence-electron chi connectivity index (χ2n) is 6.62. The quantitative estimate of drug-likeness (QED) is 0.654. The molecule has 0 saturated carbocycles. The number of nitriles is 1. The van der Waals surface area contributed by atoms with E-state index in [2.05, 4.69) is 26.7 Å². The molecule has 0 spiro atoms. The van der Waals surface area contributed by atoms with Crippen LogP contribution in [0.25, 0.3) is 0 Å². The van der Waals surface area contributed by atoms with Crippen LogP contribution >= 0.6 is 0 Å². The number of carbonyl (C=O) groups is 1. The van der Waals surface area contributed by atoms with Crippen molar-refractivity contribution in [2.45, 2.75) is 33.2 Å². The lowest BCUT2D eigenvalue weighted by Gasteiger charge is -2.19. The number of anilines is 3. The Hall–Kier alpha value is -3.34. The molecule has 1 aromatic heterocycles. The first-order valence-corrected chi connectivity index (χ1v) is 8.59. The topological polar surface area (TPSA) is 126 Å². The summed E-state index contributed by atoms with van der Waals surface area (Å²) in [6, 6.07) is 9.07. The van der Waals surface area contributed by atoms with Crippen molar-refractivity contribution >= 4 is 23.4 Å². The molecule has 8 nitrogen and oxygen atoms in total. The van der Waals surface area contributed by atoms with Gasteiger partial charge in [0.2, 0.25) is 17.7 Å². The standard InChI is InChI=1S/C19H24N6O2/c1-11(2)8-15(16(21)26)23-19-24-17(14(10-20)18(25-19)27-4)22-13-7-5-6-12(3)9-13/h5-7,9,11,15H,8H2,1-4H3,(H2,21,26)(H2,22,23,24,25). The molecule has 2 aromatic rings. The van der Waals surface area contributed by atoms with E-state index in [1.165, 1.54) is 7.11 Å². The molecule has 8 heteroatoms. The van der Waals surface area contributed by atoms with E-state index in [1.807, 2.05) is 45.0 Å². The number of primary amides is 1. The van der Waals surface area contributed by atoms with E-state index >= 15 is 0 Å². The van der Waals surface area contributed by atoms with E-state index in [-0.39, 0.29) is 29.1 Å². The van der Waals surface area contributed by atoms with Crippen LogP contribution < -0.4 is 21.1 Å². The summed E-state index contributed by atoms with van der Waals surface area (Å²) in [4.78, 5) is 20.3. The maximum Gasteiger partial charge on any atom is 0.240 e. The van der Waals surface area contributed by atoms with Gasteiger partial charge in [0.25, 0.3) is 0 Å². The number of hydrogen-bond acceptors (Lipinski definition) is 7. The highest BCUT2D eigenvalue weighted by molar-refractivity contribution is 5.82. The Labute approximate surface area is 158 Å². The number of carbonyl (C=O) groups excluding carboxylic acids is 1. The number of aromatic nitrogens is 2. The Kier molecular flexibility index (Phi) is 6.55. The van der Waals surface area contributed by atoms with Crippen molar-refractivity contribution in [2.75, 3.05) is 17.7 Å². The molecule has 0 aliphatic rings. The first kappa shape index (κ1) is 20.0. The molecule has 0 aliphatic heterocycles. The summed E-state index contributed by atoms with van der Waals surface area (Å²) < 4.78 is 5.23. The van der Waals surface area contributed by atoms with Gasteiger partial charge in [0.15, 0.2) is 11.4 Å². The fourth-order valence-electron chi connectivity index (χ4n) is 2.58. The number of nitrogens with two attached hydrogens (primary N) is 1. The summed E-state index contributed by atoms with van der Waals surface area (Å²) in [5, 5.41) is 15.6. The van der Waals surface area contributed by atoms with Crippen molar-refractivity contribution in [3.05, 3.63) is 35.4 Å². The number of hydrogen-bond donors (Lipinski definition) is 3. The number of nitrogens with zero attached hydrogens (tertiary/aromatic N) is 3. The Balaban J connectivity index is 2.42. The van der Waals surface area contributed by atoms with Gasteiger partial charge >= 0.3 is 0 Å². The van der Waals surface area contributed by atoms with E-state index < -0.39 is 11.9 Å². The van der Waals surface area contributed by atoms with Crippen molar-refractivity contribution in [1.29, 1.82) is 5.26 Å². The van der Waals surface area contributed by atoms with Crippen molar-refractivity contribution in [3.63, 3.8) is 0 Å². The predicted molar refractivity (Wildman–Crippen MR) is 104 cm³/mol. The highest BCUT2D eigenvalue weighted by Crippen LogP contribution is 2.27. The SMILES string of the molecule is COc1nc(NC(CC(C)C)C(N)=O)nc(Nc2cccc(C)c2)c1C#N. The zero-order valence-electron chi connectivity index (χ0n) is 15.9. The van der Waals surface area contributed by atoms with Crippen LogP contribution in [0.1, 0.15) is 31.4 Å². The smallest absolute Gasteiger partial charge is 0.240 e. The summed E-state index contributed by atoms with van der Waals surface area (Å²) in [5.41, 5.74) is 7.48. The van der Waals surface area contributed by atoms with Crippen molar-refractivity contribution in [2.24, 2.45) is 11.7 Å². The third-order valence-corrected chi connectivity index (χ3v) is 3.82. The van der Waals surface area contributed by atoms with Crippen LogP contribution in [0, 0.1) is 24.2 Å². The Morgan fingerprint density at radius 3 is 2.67 bits per heavy atom. The molecule has 1 unspecified atom stereocenters. The number of benzene rings is 1. The van der Waals surface area contributed by atoms with Crippen molar-refractivity contribution < 1.29 is 9.53 Å². The normalized spacial score (nSPS) is 11.6. The Bertz CT molecular complexity index is 860. The van der Waals surface area contributed by atoms with Crippen LogP contribution in [-0.4, -0.2) is 29.0 Å². The summed E-state index contributed by atoms with van der Waals surface area (Å²) in [7, 11) is 1.42. The molecule has 142 valence electrons. The van der Waals surface area contributed by atoms with Crippen LogP contribution in [-0.2, 0) is 4.79 Å². The second kappa shape index (κ2) is 8.85. The minimum absolute atomic E-state index is 0.109. The molecule has 1 aromatic carbocycles. The van der Waals surface area contributed by atoms with Gasteiger partial charge in [0.05, 0.1) is 7.11 Å². The maximum absolute atomic E-state index is 11.7. The number of rotatable bonds is 8. The Morgan fingerprint density at radius 2 is 2.11 bits per heavy atom. The number of aryl methyl sites for hydroxylation is 1. The minimum Gasteiger partial charge on any atom is -0.480 e. The van der Waals surface area contributed by atoms with Crippen LogP contribution in [0.4, 0.5) is 17.5 Å². The number of methoxy groups -OCH3 is 1. The average molecular weight is 368 g/mol. The van der Waals surface area contributed by atoms with Gasteiger partial charge in [-0.2, -0.15) is 15.2 Å². The summed E-state index contributed by atoms with van der Waals surface area (Å²) in [5.74, 6) is 0.303. The highest BCUT2D eigenvalue weighted by atomic mass is 16.5. The van der Waals surface area contributed by atoms with Crippen LogP contribution in [0.3, 0.4) is 0 Å². The minimum atomic E-state index is -0.630. The largest absolute Gasteiger partial charge is 0.480 e. The zero-order chi connectivity index (χ0) is 20.0. The lowest BCUT2D eigenvalue weighted by atomic mass is 10.0. The van der Waals surface area contributed by atoms with Crippen LogP contribution in [0.5, 0.6) is 5.88 Å². The highest BCUT2D eigenvalue weighted by Gasteiger charge is 2.21. The Morgan fingerprint density at radius 1 is 1.37 bits per heavy atom. The van der Waals surface area contributed by atoms with E-state index in [0.717, 1.165) is 11.3 Å². The number of amides is 1. The molecule has 0 fully saturated rings. The zero-order valence-corrected chi connectivity index (χ0v) is 15.9. The van der Waals surface area contributed by atoms with Crippen LogP contribution in [0.2, 0.25) is 0 Å². The summed E-state index contributed by atoms with van der Waals surface area (Å²) in [6.45, 7) is 5.94. The van der Waals surface area contributed by atoms with Gasteiger partial charge < -0.3 is 21.1 Å². The average Bonchev–Trinajstić information content (AvgIpc) is 2.60. The van der Waals surface area contributed by atoms with E-state index in [4.69, 9.17) is 10.5 Å². The van der Waals surface area contributed by atoms with Gasteiger partial charge in [-0.05, 0) is 37.0 Å². The molecule has 1 atom stereocenters. The van der Waals surface area contributed by atoms with Gasteiger partial charge in [-0.3, -0.25) is 4.79 Å². The molecule has 27 heavy (non-hydrogen) atoms. The summed E-state index contributed by atoms with van der Waals surface area (Å²) >= 11 is 0. The molecule has 1 amide bonds. The van der Waals surface area contributed by atoms with Gasteiger partial charge in [0.1, 0.15) is 12.1 Å². The molecule has 2 rings (SSSR count). The maximum atomic E-state index is 11.7. The summed E-state index contributed by atoms with van der Waals surface area (Å²) in [6.07, 6.45) is 0.529. The molecular formula is C19H24N6O2. The third-order valence-electron chi connectivity index (χ3n) is 3.82. The third kappa shape index (κ3) is 5.31. The van der Waals surface area contributed by atoms with E-state index in [0.29, 0.717) is 6.42 Å². The lowest BCUT2D eigenvalue weighted by molar-refractivity contribution is -0.119. The lowest BCUT2D eigenvalue weighted by Crippen LogP contribution is -2.37. The molecule has 1 heterocycles. The second-order valence-corrected chi connectivity index (χ2v) is 6.62. The van der Waals surface area contributed by atoms with E-state index in [1.54, 1.807) is 0 Å². The molecular weight excluding hydrogens is 344 g/mol. The fraction of sp³-hybridized carbons (Fsp3) is 0.368. The molecule has 0 aliphatic carbocycles. The molecule has 0 bridgehead atoms. The first-order valence-electron chi connectivity index (χ1n) is 8.59. The van der Waals surface area contributed by atoms with Gasteiger partial charge in [-0.15, -0.1) is 0 Å². The van der Waals surface area contributed by atoms with Gasteiger partial charge in [-0.25, -0.2) is 0 Å².